The van der Waals surface area contributed by atoms with Gasteiger partial charge in [-0.25, -0.2) is 0 Å². The number of fused-ring (bicyclic) bond motifs is 3. The van der Waals surface area contributed by atoms with Crippen molar-refractivity contribution in [2.24, 2.45) is 7.05 Å². The molecule has 0 bridgehead atoms. The van der Waals surface area contributed by atoms with Gasteiger partial charge in [-0.15, -0.1) is 0 Å². The Balaban J connectivity index is 2.30. The number of rotatable bonds is 5. The molecule has 6 nitrogen and oxygen atoms in total. The van der Waals surface area contributed by atoms with Crippen molar-refractivity contribution < 1.29 is 19.1 Å². The third kappa shape index (κ3) is 2.44. The van der Waals surface area contributed by atoms with Crippen molar-refractivity contribution in [3.8, 4) is 0 Å². The summed E-state index contributed by atoms with van der Waals surface area (Å²) >= 11 is 0. The molecule has 0 N–H and O–H groups in total. The average molecular weight is 328 g/mol. The second-order valence-electron chi connectivity index (χ2n) is 5.47. The van der Waals surface area contributed by atoms with Crippen molar-refractivity contribution in [1.82, 2.24) is 8.97 Å². The normalized spacial score (nSPS) is 11.3. The molecule has 2 heterocycles. The minimum atomic E-state index is -1.10. The van der Waals surface area contributed by atoms with Crippen LogP contribution in [-0.2, 0) is 26.1 Å². The lowest BCUT2D eigenvalue weighted by molar-refractivity contribution is -0.156. The molecule has 0 atom stereocenters. The minimum absolute atomic E-state index is 0.205. The van der Waals surface area contributed by atoms with E-state index in [1.165, 1.54) is 0 Å². The van der Waals surface area contributed by atoms with Crippen LogP contribution >= 0.6 is 0 Å². The molecular formula is C18H20N2O4. The number of hydrogen-bond acceptors (Lipinski definition) is 4. The summed E-state index contributed by atoms with van der Waals surface area (Å²) in [6, 6.07) is 7.68. The summed E-state index contributed by atoms with van der Waals surface area (Å²) in [5, 5.41) is 0.842. The van der Waals surface area contributed by atoms with E-state index < -0.39 is 17.9 Å². The van der Waals surface area contributed by atoms with Crippen molar-refractivity contribution in [2.45, 2.75) is 19.8 Å². The number of ether oxygens (including phenoxy) is 2. The standard InChI is InChI=1S/C18H20N2O4/c1-4-23-17(21)15(18(22)24-5-2)14-12-8-6-7-9-13(12)20-11-10-19(3)16(14)20/h6-11,15H,4-5H2,1-3H3. The molecule has 24 heavy (non-hydrogen) atoms. The molecule has 0 radical (unpaired) electrons. The van der Waals surface area contributed by atoms with E-state index in [4.69, 9.17) is 9.47 Å². The molecule has 0 unspecified atom stereocenters. The topological polar surface area (TPSA) is 61.9 Å². The fourth-order valence-corrected chi connectivity index (χ4v) is 3.09. The summed E-state index contributed by atoms with van der Waals surface area (Å²) in [7, 11) is 1.88. The van der Waals surface area contributed by atoms with E-state index in [1.54, 1.807) is 13.8 Å². The maximum absolute atomic E-state index is 12.5. The van der Waals surface area contributed by atoms with E-state index in [9.17, 15) is 9.59 Å². The highest BCUT2D eigenvalue weighted by Crippen LogP contribution is 2.34. The Hall–Kier alpha value is -2.76. The Labute approximate surface area is 139 Å². The summed E-state index contributed by atoms with van der Waals surface area (Å²) in [4.78, 5) is 25.1. The van der Waals surface area contributed by atoms with Gasteiger partial charge in [0.05, 0.1) is 18.7 Å². The molecule has 3 rings (SSSR count). The molecule has 0 fully saturated rings. The molecule has 126 valence electrons. The predicted octanol–water partition coefficient (Wildman–Crippen LogP) is 2.64. The molecular weight excluding hydrogens is 308 g/mol. The van der Waals surface area contributed by atoms with Gasteiger partial charge < -0.3 is 18.4 Å². The smallest absolute Gasteiger partial charge is 0.325 e. The van der Waals surface area contributed by atoms with Crippen LogP contribution < -0.4 is 0 Å². The number of aryl methyl sites for hydroxylation is 1. The van der Waals surface area contributed by atoms with Gasteiger partial charge in [0.15, 0.2) is 5.92 Å². The van der Waals surface area contributed by atoms with Crippen LogP contribution in [0.15, 0.2) is 36.7 Å². The van der Waals surface area contributed by atoms with Gasteiger partial charge >= 0.3 is 11.9 Å². The molecule has 0 saturated heterocycles. The van der Waals surface area contributed by atoms with Gasteiger partial charge in [-0.1, -0.05) is 18.2 Å². The van der Waals surface area contributed by atoms with Crippen LogP contribution in [0.3, 0.4) is 0 Å². The maximum atomic E-state index is 12.5. The number of hydrogen-bond donors (Lipinski definition) is 0. The first kappa shape index (κ1) is 16.1. The maximum Gasteiger partial charge on any atom is 0.325 e. The molecule has 1 aromatic carbocycles. The van der Waals surface area contributed by atoms with Gasteiger partial charge in [0, 0.05) is 30.4 Å². The van der Waals surface area contributed by atoms with Crippen LogP contribution in [-0.4, -0.2) is 34.1 Å². The van der Waals surface area contributed by atoms with Gasteiger partial charge in [-0.05, 0) is 19.9 Å². The van der Waals surface area contributed by atoms with Crippen LogP contribution in [0, 0.1) is 0 Å². The quantitative estimate of drug-likeness (QED) is 0.533. The fraction of sp³-hybridized carbons (Fsp3) is 0.333. The zero-order valence-electron chi connectivity index (χ0n) is 14.0. The highest BCUT2D eigenvalue weighted by molar-refractivity contribution is 6.08. The second kappa shape index (κ2) is 6.39. The summed E-state index contributed by atoms with van der Waals surface area (Å²) in [6.07, 6.45) is 3.80. The number of imidazole rings is 1. The van der Waals surface area contributed by atoms with Crippen LogP contribution in [0.5, 0.6) is 0 Å². The van der Waals surface area contributed by atoms with E-state index in [0.717, 1.165) is 16.6 Å². The first-order valence-electron chi connectivity index (χ1n) is 7.97. The van der Waals surface area contributed by atoms with Crippen LogP contribution in [0.4, 0.5) is 0 Å². The summed E-state index contributed by atoms with van der Waals surface area (Å²) in [5.41, 5.74) is 2.33. The number of carbonyl (C=O) groups excluding carboxylic acids is 2. The molecule has 6 heteroatoms. The van der Waals surface area contributed by atoms with Crippen LogP contribution in [0.2, 0.25) is 0 Å². The second-order valence-corrected chi connectivity index (χ2v) is 5.47. The van der Waals surface area contributed by atoms with Gasteiger partial charge in [-0.3, -0.25) is 9.59 Å². The first-order chi connectivity index (χ1) is 11.6. The Morgan fingerprint density at radius 1 is 1.04 bits per heavy atom. The third-order valence-electron chi connectivity index (χ3n) is 4.03. The van der Waals surface area contributed by atoms with Crippen LogP contribution in [0.25, 0.3) is 16.6 Å². The third-order valence-corrected chi connectivity index (χ3v) is 4.03. The summed E-state index contributed by atoms with van der Waals surface area (Å²) in [6.45, 7) is 3.85. The van der Waals surface area contributed by atoms with Crippen molar-refractivity contribution in [3.63, 3.8) is 0 Å². The highest BCUT2D eigenvalue weighted by atomic mass is 16.6. The molecule has 0 aliphatic heterocycles. The van der Waals surface area contributed by atoms with Gasteiger partial charge in [0.25, 0.3) is 0 Å². The zero-order valence-corrected chi connectivity index (χ0v) is 14.0. The van der Waals surface area contributed by atoms with E-state index in [0.29, 0.717) is 5.56 Å². The van der Waals surface area contributed by atoms with Crippen LogP contribution in [0.1, 0.15) is 25.3 Å². The molecule has 0 aliphatic rings. The van der Waals surface area contributed by atoms with Gasteiger partial charge in [0.1, 0.15) is 5.65 Å². The van der Waals surface area contributed by atoms with Gasteiger partial charge in [-0.2, -0.15) is 0 Å². The van der Waals surface area contributed by atoms with E-state index in [-0.39, 0.29) is 13.2 Å². The zero-order chi connectivity index (χ0) is 17.3. The van der Waals surface area contributed by atoms with Crippen molar-refractivity contribution in [2.75, 3.05) is 13.2 Å². The SMILES string of the molecule is CCOC(=O)C(C(=O)OCC)c1c2ccccc2n2ccn(C)c12. The van der Waals surface area contributed by atoms with Crippen molar-refractivity contribution in [3.05, 3.63) is 42.2 Å². The molecule has 0 spiro atoms. The number of aromatic nitrogens is 2. The largest absolute Gasteiger partial charge is 0.465 e. The number of nitrogens with zero attached hydrogens (tertiary/aromatic N) is 2. The Morgan fingerprint density at radius 2 is 1.67 bits per heavy atom. The van der Waals surface area contributed by atoms with E-state index in [2.05, 4.69) is 0 Å². The van der Waals surface area contributed by atoms with Crippen molar-refractivity contribution in [1.29, 1.82) is 0 Å². The van der Waals surface area contributed by atoms with E-state index >= 15 is 0 Å². The molecule has 3 aromatic rings. The van der Waals surface area contributed by atoms with Crippen molar-refractivity contribution >= 4 is 28.5 Å². The Kier molecular flexibility index (Phi) is 4.29. The molecule has 0 saturated carbocycles. The monoisotopic (exact) mass is 328 g/mol. The fourth-order valence-electron chi connectivity index (χ4n) is 3.09. The lowest BCUT2D eigenvalue weighted by Crippen LogP contribution is -2.26. The minimum Gasteiger partial charge on any atom is -0.465 e. The first-order valence-corrected chi connectivity index (χ1v) is 7.97. The lowest BCUT2D eigenvalue weighted by Gasteiger charge is -2.15. The predicted molar refractivity (Wildman–Crippen MR) is 89.9 cm³/mol. The van der Waals surface area contributed by atoms with Gasteiger partial charge in [0.2, 0.25) is 0 Å². The molecule has 2 aromatic heterocycles. The Morgan fingerprint density at radius 3 is 2.29 bits per heavy atom. The number of para-hydroxylation sites is 1. The lowest BCUT2D eigenvalue weighted by atomic mass is 9.98. The highest BCUT2D eigenvalue weighted by Gasteiger charge is 2.36. The Bertz CT molecular complexity index is 888. The number of carbonyl (C=O) groups is 2. The summed E-state index contributed by atoms with van der Waals surface area (Å²) in [5.74, 6) is -2.28. The molecule has 0 aliphatic carbocycles. The number of esters is 2. The summed E-state index contributed by atoms with van der Waals surface area (Å²) < 4.78 is 14.2. The van der Waals surface area contributed by atoms with E-state index in [1.807, 2.05) is 52.7 Å². The average Bonchev–Trinajstić information content (AvgIpc) is 3.08. The molecule has 0 amide bonds. The number of benzene rings is 1.